The fourth-order valence-corrected chi connectivity index (χ4v) is 3.02. The van der Waals surface area contributed by atoms with Gasteiger partial charge in [0, 0.05) is 25.4 Å². The maximum Gasteiger partial charge on any atom is 0.0638 e. The third kappa shape index (κ3) is 2.01. The van der Waals surface area contributed by atoms with Gasteiger partial charge in [-0.1, -0.05) is 27.7 Å². The second-order valence-electron chi connectivity index (χ2n) is 6.54. The molecular formula is C14H25N3. The van der Waals surface area contributed by atoms with E-state index in [1.165, 1.54) is 5.56 Å². The molecule has 0 spiro atoms. The smallest absolute Gasteiger partial charge is 0.0638 e. The number of hydrogen-bond donors (Lipinski definition) is 1. The second-order valence-corrected chi connectivity index (χ2v) is 6.54. The Bertz CT molecular complexity index is 401. The predicted octanol–water partition coefficient (Wildman–Crippen LogP) is 2.50. The third-order valence-corrected chi connectivity index (χ3v) is 5.10. The van der Waals surface area contributed by atoms with Crippen molar-refractivity contribution < 1.29 is 0 Å². The van der Waals surface area contributed by atoms with Gasteiger partial charge in [0.2, 0.25) is 0 Å². The van der Waals surface area contributed by atoms with Crippen molar-refractivity contribution >= 4 is 0 Å². The molecule has 0 atom stereocenters. The molecule has 0 aliphatic heterocycles. The van der Waals surface area contributed by atoms with Crippen molar-refractivity contribution in [1.82, 2.24) is 15.1 Å². The number of nitrogens with one attached hydrogen (secondary N) is 1. The first kappa shape index (κ1) is 12.6. The van der Waals surface area contributed by atoms with E-state index in [0.717, 1.165) is 24.7 Å². The van der Waals surface area contributed by atoms with Gasteiger partial charge in [0.15, 0.2) is 0 Å². The summed E-state index contributed by atoms with van der Waals surface area (Å²) < 4.78 is 1.89. The van der Waals surface area contributed by atoms with Crippen LogP contribution in [-0.4, -0.2) is 16.3 Å². The van der Waals surface area contributed by atoms with Crippen molar-refractivity contribution in [2.24, 2.45) is 23.8 Å². The molecule has 2 rings (SSSR count). The lowest BCUT2D eigenvalue weighted by molar-refractivity contribution is 0.457. The molecule has 1 fully saturated rings. The first-order chi connectivity index (χ1) is 7.76. The Labute approximate surface area is 105 Å². The van der Waals surface area contributed by atoms with E-state index >= 15 is 0 Å². The fraction of sp³-hybridized carbons (Fsp3) is 0.786. The van der Waals surface area contributed by atoms with E-state index in [0.29, 0.717) is 10.8 Å². The molecule has 0 saturated heterocycles. The van der Waals surface area contributed by atoms with Gasteiger partial charge >= 0.3 is 0 Å². The number of hydrogen-bond acceptors (Lipinski definition) is 2. The molecule has 0 amide bonds. The molecule has 0 unspecified atom stereocenters. The van der Waals surface area contributed by atoms with Crippen LogP contribution in [0.25, 0.3) is 0 Å². The maximum atomic E-state index is 4.36. The fourth-order valence-electron chi connectivity index (χ4n) is 3.02. The number of aromatic nitrogens is 2. The topological polar surface area (TPSA) is 29.9 Å². The van der Waals surface area contributed by atoms with Gasteiger partial charge in [-0.05, 0) is 30.2 Å². The molecule has 1 aliphatic carbocycles. The van der Waals surface area contributed by atoms with Crippen LogP contribution in [0.15, 0.2) is 6.20 Å². The maximum absolute atomic E-state index is 4.36. The molecule has 1 heterocycles. The first-order valence-electron chi connectivity index (χ1n) is 6.46. The molecule has 17 heavy (non-hydrogen) atoms. The lowest BCUT2D eigenvalue weighted by Crippen LogP contribution is -2.19. The summed E-state index contributed by atoms with van der Waals surface area (Å²) in [6, 6.07) is 0. The van der Waals surface area contributed by atoms with Crippen molar-refractivity contribution in [3.63, 3.8) is 0 Å². The highest BCUT2D eigenvalue weighted by atomic mass is 15.2. The van der Waals surface area contributed by atoms with E-state index in [9.17, 15) is 0 Å². The zero-order valence-corrected chi connectivity index (χ0v) is 12.0. The minimum Gasteiger partial charge on any atom is -0.312 e. The van der Waals surface area contributed by atoms with Crippen LogP contribution < -0.4 is 5.32 Å². The molecule has 0 aromatic carbocycles. The van der Waals surface area contributed by atoms with E-state index in [2.05, 4.69) is 51.2 Å². The standard InChI is InChI=1S/C14H25N3/c1-10-11(9-17(6)16-10)7-15-8-12-13(2,3)14(12,4)5/h9,12,15H,7-8H2,1-6H3. The molecule has 1 aliphatic rings. The Morgan fingerprint density at radius 3 is 2.29 bits per heavy atom. The summed E-state index contributed by atoms with van der Waals surface area (Å²) in [5.41, 5.74) is 3.40. The van der Waals surface area contributed by atoms with Crippen LogP contribution in [0, 0.1) is 23.7 Å². The molecule has 3 heteroatoms. The first-order valence-corrected chi connectivity index (χ1v) is 6.46. The molecule has 1 aromatic heterocycles. The van der Waals surface area contributed by atoms with Crippen molar-refractivity contribution in [2.45, 2.75) is 41.2 Å². The number of aryl methyl sites for hydroxylation is 2. The van der Waals surface area contributed by atoms with Crippen molar-refractivity contribution in [3.05, 3.63) is 17.5 Å². The van der Waals surface area contributed by atoms with Crippen LogP contribution in [0.1, 0.15) is 39.0 Å². The summed E-state index contributed by atoms with van der Waals surface area (Å²) in [6.07, 6.45) is 2.10. The summed E-state index contributed by atoms with van der Waals surface area (Å²) in [5.74, 6) is 0.784. The third-order valence-electron chi connectivity index (χ3n) is 5.10. The predicted molar refractivity (Wildman–Crippen MR) is 70.7 cm³/mol. The van der Waals surface area contributed by atoms with E-state index < -0.39 is 0 Å². The SMILES string of the molecule is Cc1nn(C)cc1CNCC1C(C)(C)C1(C)C. The minimum atomic E-state index is 0.476. The van der Waals surface area contributed by atoms with Gasteiger partial charge in [-0.25, -0.2) is 0 Å². The molecule has 0 radical (unpaired) electrons. The van der Waals surface area contributed by atoms with Gasteiger partial charge in [0.1, 0.15) is 0 Å². The van der Waals surface area contributed by atoms with Gasteiger partial charge in [-0.2, -0.15) is 5.10 Å². The lowest BCUT2D eigenvalue weighted by Gasteiger charge is -2.05. The van der Waals surface area contributed by atoms with Crippen molar-refractivity contribution in [1.29, 1.82) is 0 Å². The molecule has 96 valence electrons. The molecule has 0 bridgehead atoms. The summed E-state index contributed by atoms with van der Waals surface area (Å²) in [5, 5.41) is 7.93. The van der Waals surface area contributed by atoms with Gasteiger partial charge in [0.25, 0.3) is 0 Å². The highest BCUT2D eigenvalue weighted by molar-refractivity contribution is 5.16. The van der Waals surface area contributed by atoms with Crippen molar-refractivity contribution in [3.8, 4) is 0 Å². The van der Waals surface area contributed by atoms with Crippen LogP contribution in [0.2, 0.25) is 0 Å². The van der Waals surface area contributed by atoms with Crippen LogP contribution >= 0.6 is 0 Å². The number of nitrogens with zero attached hydrogens (tertiary/aromatic N) is 2. The van der Waals surface area contributed by atoms with Crippen LogP contribution in [0.3, 0.4) is 0 Å². The Hall–Kier alpha value is -0.830. The Kier molecular flexibility index (Phi) is 2.85. The van der Waals surface area contributed by atoms with Gasteiger partial charge in [-0.15, -0.1) is 0 Å². The zero-order valence-electron chi connectivity index (χ0n) is 12.0. The second kappa shape index (κ2) is 3.84. The highest BCUT2D eigenvalue weighted by Gasteiger charge is 2.63. The Balaban J connectivity index is 1.84. The van der Waals surface area contributed by atoms with E-state index in [1.54, 1.807) is 0 Å². The summed E-state index contributed by atoms with van der Waals surface area (Å²) in [7, 11) is 1.98. The van der Waals surface area contributed by atoms with Gasteiger partial charge < -0.3 is 5.32 Å². The summed E-state index contributed by atoms with van der Waals surface area (Å²) in [4.78, 5) is 0. The average Bonchev–Trinajstić information content (AvgIpc) is 2.49. The Morgan fingerprint density at radius 2 is 1.88 bits per heavy atom. The highest BCUT2D eigenvalue weighted by Crippen LogP contribution is 2.67. The lowest BCUT2D eigenvalue weighted by atomic mass is 10.0. The average molecular weight is 235 g/mol. The molecule has 3 nitrogen and oxygen atoms in total. The van der Waals surface area contributed by atoms with Crippen LogP contribution in [0.4, 0.5) is 0 Å². The molecular weight excluding hydrogens is 210 g/mol. The van der Waals surface area contributed by atoms with E-state index in [4.69, 9.17) is 0 Å². The van der Waals surface area contributed by atoms with Gasteiger partial charge in [-0.3, -0.25) is 4.68 Å². The molecule has 1 saturated carbocycles. The quantitative estimate of drug-likeness (QED) is 0.869. The monoisotopic (exact) mass is 235 g/mol. The van der Waals surface area contributed by atoms with Crippen LogP contribution in [0.5, 0.6) is 0 Å². The minimum absolute atomic E-state index is 0.476. The number of rotatable bonds is 4. The molecule has 1 aromatic rings. The Morgan fingerprint density at radius 1 is 1.29 bits per heavy atom. The molecule has 1 N–H and O–H groups in total. The van der Waals surface area contributed by atoms with E-state index in [1.807, 2.05) is 11.7 Å². The van der Waals surface area contributed by atoms with Crippen molar-refractivity contribution in [2.75, 3.05) is 6.54 Å². The van der Waals surface area contributed by atoms with E-state index in [-0.39, 0.29) is 0 Å². The summed E-state index contributed by atoms with van der Waals surface area (Å²) >= 11 is 0. The largest absolute Gasteiger partial charge is 0.312 e. The summed E-state index contributed by atoms with van der Waals surface area (Å²) in [6.45, 7) is 13.6. The normalized spacial score (nSPS) is 21.8. The van der Waals surface area contributed by atoms with Crippen LogP contribution in [-0.2, 0) is 13.6 Å². The van der Waals surface area contributed by atoms with Gasteiger partial charge in [0.05, 0.1) is 5.69 Å². The zero-order chi connectivity index (χ0) is 12.8.